The van der Waals surface area contributed by atoms with Crippen molar-refractivity contribution < 1.29 is 19.1 Å². The van der Waals surface area contributed by atoms with Crippen molar-refractivity contribution in [2.45, 2.75) is 12.8 Å². The Morgan fingerprint density at radius 1 is 1.04 bits per heavy atom. The SMILES string of the molecule is O=C(O)CCc1cccc(NC(=O)c2ccc(-c3cccc(Cl)c3)o2)c1. The number of rotatable bonds is 6. The van der Waals surface area contributed by atoms with E-state index in [1.807, 2.05) is 18.2 Å². The fourth-order valence-corrected chi connectivity index (χ4v) is 2.70. The number of aliphatic carboxylic acids is 1. The molecular formula is C20H16ClNO4. The van der Waals surface area contributed by atoms with E-state index < -0.39 is 5.97 Å². The van der Waals surface area contributed by atoms with Gasteiger partial charge in [0.15, 0.2) is 5.76 Å². The molecule has 1 amide bonds. The van der Waals surface area contributed by atoms with Gasteiger partial charge >= 0.3 is 5.97 Å². The molecule has 0 aliphatic carbocycles. The second-order valence-electron chi connectivity index (χ2n) is 5.72. The van der Waals surface area contributed by atoms with Crippen molar-refractivity contribution in [3.05, 3.63) is 77.0 Å². The summed E-state index contributed by atoms with van der Waals surface area (Å²) in [5.41, 5.74) is 2.20. The van der Waals surface area contributed by atoms with Crippen LogP contribution >= 0.6 is 11.6 Å². The molecule has 0 aliphatic heterocycles. The summed E-state index contributed by atoms with van der Waals surface area (Å²) in [6.45, 7) is 0. The molecule has 2 N–H and O–H groups in total. The highest BCUT2D eigenvalue weighted by atomic mass is 35.5. The highest BCUT2D eigenvalue weighted by Gasteiger charge is 2.13. The van der Waals surface area contributed by atoms with Gasteiger partial charge in [0.05, 0.1) is 0 Å². The Kier molecular flexibility index (Phi) is 5.39. The number of hydrogen-bond acceptors (Lipinski definition) is 3. The Balaban J connectivity index is 1.71. The van der Waals surface area contributed by atoms with Crippen molar-refractivity contribution >= 4 is 29.2 Å². The van der Waals surface area contributed by atoms with Crippen molar-refractivity contribution in [2.75, 3.05) is 5.32 Å². The third kappa shape index (κ3) is 4.52. The van der Waals surface area contributed by atoms with Gasteiger partial charge in [0.1, 0.15) is 5.76 Å². The fourth-order valence-electron chi connectivity index (χ4n) is 2.51. The molecule has 0 radical (unpaired) electrons. The van der Waals surface area contributed by atoms with Crippen LogP contribution in [0.4, 0.5) is 5.69 Å². The van der Waals surface area contributed by atoms with E-state index in [4.69, 9.17) is 21.1 Å². The van der Waals surface area contributed by atoms with Gasteiger partial charge in [0, 0.05) is 22.7 Å². The number of halogens is 1. The van der Waals surface area contributed by atoms with Crippen LogP contribution in [0.3, 0.4) is 0 Å². The smallest absolute Gasteiger partial charge is 0.303 e. The van der Waals surface area contributed by atoms with Crippen LogP contribution in [0.2, 0.25) is 5.02 Å². The Morgan fingerprint density at radius 3 is 2.62 bits per heavy atom. The van der Waals surface area contributed by atoms with E-state index in [1.165, 1.54) is 0 Å². The number of carboxylic acids is 1. The van der Waals surface area contributed by atoms with Crippen molar-refractivity contribution in [1.29, 1.82) is 0 Å². The van der Waals surface area contributed by atoms with Gasteiger partial charge < -0.3 is 14.8 Å². The highest BCUT2D eigenvalue weighted by molar-refractivity contribution is 6.30. The monoisotopic (exact) mass is 369 g/mol. The fraction of sp³-hybridized carbons (Fsp3) is 0.100. The molecule has 0 bridgehead atoms. The van der Waals surface area contributed by atoms with Gasteiger partial charge in [0.2, 0.25) is 0 Å². The minimum Gasteiger partial charge on any atom is -0.481 e. The summed E-state index contributed by atoms with van der Waals surface area (Å²) >= 11 is 5.97. The van der Waals surface area contributed by atoms with Crippen LogP contribution in [0.5, 0.6) is 0 Å². The maximum absolute atomic E-state index is 12.4. The molecule has 3 aromatic rings. The lowest BCUT2D eigenvalue weighted by Gasteiger charge is -2.06. The van der Waals surface area contributed by atoms with Crippen LogP contribution in [0, 0.1) is 0 Å². The largest absolute Gasteiger partial charge is 0.481 e. The standard InChI is InChI=1S/C20H16ClNO4/c21-15-5-2-4-14(12-15)17-8-9-18(26-17)20(25)22-16-6-1-3-13(11-16)7-10-19(23)24/h1-6,8-9,11-12H,7,10H2,(H,22,25)(H,23,24). The zero-order valence-corrected chi connectivity index (χ0v) is 14.5. The minimum atomic E-state index is -0.858. The van der Waals surface area contributed by atoms with Gasteiger partial charge in [-0.1, -0.05) is 35.9 Å². The van der Waals surface area contributed by atoms with E-state index in [1.54, 1.807) is 42.5 Å². The van der Waals surface area contributed by atoms with E-state index in [-0.39, 0.29) is 18.1 Å². The lowest BCUT2D eigenvalue weighted by atomic mass is 10.1. The number of amides is 1. The number of anilines is 1. The van der Waals surface area contributed by atoms with Gasteiger partial charge in [0.25, 0.3) is 5.91 Å². The first kappa shape index (κ1) is 17.8. The minimum absolute atomic E-state index is 0.0403. The van der Waals surface area contributed by atoms with E-state index >= 15 is 0 Å². The molecule has 5 nitrogen and oxygen atoms in total. The summed E-state index contributed by atoms with van der Waals surface area (Å²) < 4.78 is 5.62. The normalized spacial score (nSPS) is 10.5. The lowest BCUT2D eigenvalue weighted by molar-refractivity contribution is -0.136. The maximum Gasteiger partial charge on any atom is 0.303 e. The quantitative estimate of drug-likeness (QED) is 0.649. The molecule has 0 fully saturated rings. The average Bonchev–Trinajstić information content (AvgIpc) is 3.11. The Labute approximate surface area is 155 Å². The second kappa shape index (κ2) is 7.89. The van der Waals surface area contributed by atoms with Crippen molar-refractivity contribution in [1.82, 2.24) is 0 Å². The van der Waals surface area contributed by atoms with Crippen LogP contribution in [0.25, 0.3) is 11.3 Å². The first-order valence-corrected chi connectivity index (χ1v) is 8.37. The highest BCUT2D eigenvalue weighted by Crippen LogP contribution is 2.25. The molecule has 1 aromatic heterocycles. The van der Waals surface area contributed by atoms with Gasteiger partial charge in [-0.05, 0) is 48.4 Å². The number of carboxylic acid groups (broad SMARTS) is 1. The molecule has 0 atom stereocenters. The van der Waals surface area contributed by atoms with Crippen molar-refractivity contribution in [3.63, 3.8) is 0 Å². The van der Waals surface area contributed by atoms with Gasteiger partial charge in [-0.25, -0.2) is 0 Å². The third-order valence-electron chi connectivity index (χ3n) is 3.75. The number of aryl methyl sites for hydroxylation is 1. The molecule has 26 heavy (non-hydrogen) atoms. The van der Waals surface area contributed by atoms with Crippen molar-refractivity contribution in [2.24, 2.45) is 0 Å². The van der Waals surface area contributed by atoms with Gasteiger partial charge in [-0.15, -0.1) is 0 Å². The second-order valence-corrected chi connectivity index (χ2v) is 6.16. The molecule has 0 saturated carbocycles. The Hall–Kier alpha value is -3.05. The number of nitrogens with one attached hydrogen (secondary N) is 1. The van der Waals surface area contributed by atoms with Gasteiger partial charge in [-0.2, -0.15) is 0 Å². The number of furan rings is 1. The van der Waals surface area contributed by atoms with Crippen LogP contribution in [-0.4, -0.2) is 17.0 Å². The summed E-state index contributed by atoms with van der Waals surface area (Å²) in [6.07, 6.45) is 0.442. The number of hydrogen-bond donors (Lipinski definition) is 2. The summed E-state index contributed by atoms with van der Waals surface area (Å²) in [6, 6.07) is 17.6. The summed E-state index contributed by atoms with van der Waals surface area (Å²) in [7, 11) is 0. The first-order chi connectivity index (χ1) is 12.5. The molecule has 0 saturated heterocycles. The average molecular weight is 370 g/mol. The van der Waals surface area contributed by atoms with Crippen LogP contribution in [-0.2, 0) is 11.2 Å². The van der Waals surface area contributed by atoms with Crippen molar-refractivity contribution in [3.8, 4) is 11.3 Å². The molecule has 0 aliphatic rings. The number of benzene rings is 2. The predicted molar refractivity (Wildman–Crippen MR) is 99.5 cm³/mol. The van der Waals surface area contributed by atoms with Crippen LogP contribution in [0.15, 0.2) is 65.1 Å². The third-order valence-corrected chi connectivity index (χ3v) is 3.99. The van der Waals surface area contributed by atoms with Gasteiger partial charge in [-0.3, -0.25) is 9.59 Å². The van der Waals surface area contributed by atoms with E-state index in [0.717, 1.165) is 11.1 Å². The van der Waals surface area contributed by atoms with E-state index in [2.05, 4.69) is 5.32 Å². The van der Waals surface area contributed by atoms with E-state index in [9.17, 15) is 9.59 Å². The topological polar surface area (TPSA) is 79.5 Å². The Bertz CT molecular complexity index is 948. The lowest BCUT2D eigenvalue weighted by Crippen LogP contribution is -2.11. The Morgan fingerprint density at radius 2 is 1.85 bits per heavy atom. The van der Waals surface area contributed by atoms with E-state index in [0.29, 0.717) is 22.9 Å². The molecule has 2 aromatic carbocycles. The number of carbonyl (C=O) groups is 2. The molecule has 0 unspecified atom stereocenters. The molecule has 0 spiro atoms. The molecule has 3 rings (SSSR count). The molecular weight excluding hydrogens is 354 g/mol. The summed E-state index contributed by atoms with van der Waals surface area (Å²) in [5.74, 6) is -0.513. The zero-order valence-electron chi connectivity index (χ0n) is 13.7. The van der Waals surface area contributed by atoms with Crippen LogP contribution < -0.4 is 5.32 Å². The molecule has 132 valence electrons. The predicted octanol–water partition coefficient (Wildman–Crippen LogP) is 4.87. The first-order valence-electron chi connectivity index (χ1n) is 7.99. The van der Waals surface area contributed by atoms with Crippen LogP contribution in [0.1, 0.15) is 22.5 Å². The molecule has 1 heterocycles. The summed E-state index contributed by atoms with van der Waals surface area (Å²) in [5, 5.41) is 12.1. The summed E-state index contributed by atoms with van der Waals surface area (Å²) in [4.78, 5) is 23.0. The zero-order chi connectivity index (χ0) is 18.5. The number of carbonyl (C=O) groups excluding carboxylic acids is 1. The molecule has 6 heteroatoms. The maximum atomic E-state index is 12.4.